The summed E-state index contributed by atoms with van der Waals surface area (Å²) in [5.74, 6) is 0.872. The van der Waals surface area contributed by atoms with Gasteiger partial charge < -0.3 is 4.90 Å². The van der Waals surface area contributed by atoms with Crippen molar-refractivity contribution in [3.05, 3.63) is 23.4 Å². The lowest BCUT2D eigenvalue weighted by Crippen LogP contribution is -2.47. The van der Waals surface area contributed by atoms with Crippen molar-refractivity contribution in [3.63, 3.8) is 0 Å². The Kier molecular flexibility index (Phi) is 5.01. The molecule has 23 heavy (non-hydrogen) atoms. The molecule has 0 amide bonds. The molecule has 1 saturated heterocycles. The second-order valence-electron chi connectivity index (χ2n) is 6.74. The highest BCUT2D eigenvalue weighted by Gasteiger charge is 2.35. The van der Waals surface area contributed by atoms with Crippen LogP contribution in [0.25, 0.3) is 0 Å². The van der Waals surface area contributed by atoms with E-state index >= 15 is 0 Å². The largest absolute Gasteiger partial charge is 0.417 e. The van der Waals surface area contributed by atoms with Crippen LogP contribution >= 0.6 is 0 Å². The number of ketones is 1. The predicted octanol–water partition coefficient (Wildman–Crippen LogP) is 4.42. The van der Waals surface area contributed by atoms with Gasteiger partial charge in [-0.3, -0.25) is 4.79 Å². The molecule has 128 valence electrons. The van der Waals surface area contributed by atoms with Gasteiger partial charge in [0, 0.05) is 12.7 Å². The molecule has 0 saturated carbocycles. The molecule has 2 heterocycles. The second kappa shape index (κ2) is 6.49. The molecular weight excluding hydrogens is 305 g/mol. The lowest BCUT2D eigenvalue weighted by molar-refractivity contribution is -0.137. The number of rotatable bonds is 3. The zero-order valence-electron chi connectivity index (χ0n) is 13.9. The van der Waals surface area contributed by atoms with Crippen molar-refractivity contribution in [1.29, 1.82) is 0 Å². The molecule has 0 spiro atoms. The fourth-order valence-corrected chi connectivity index (χ4v) is 3.07. The van der Waals surface area contributed by atoms with Crippen LogP contribution in [0.1, 0.15) is 57.6 Å². The molecule has 0 aromatic carbocycles. The summed E-state index contributed by atoms with van der Waals surface area (Å²) in [6.07, 6.45) is -1.92. The fourth-order valence-electron chi connectivity index (χ4n) is 3.07. The molecule has 0 bridgehead atoms. The Morgan fingerprint density at radius 1 is 1.39 bits per heavy atom. The molecule has 0 radical (unpaired) electrons. The number of pyridine rings is 1. The number of piperidine rings is 1. The van der Waals surface area contributed by atoms with E-state index in [1.54, 1.807) is 0 Å². The van der Waals surface area contributed by atoms with Gasteiger partial charge in [-0.1, -0.05) is 20.8 Å². The summed E-state index contributed by atoms with van der Waals surface area (Å²) in [7, 11) is 0. The van der Waals surface area contributed by atoms with Gasteiger partial charge in [-0.2, -0.15) is 13.2 Å². The zero-order chi connectivity index (χ0) is 17.4. The number of hydrogen-bond donors (Lipinski definition) is 0. The van der Waals surface area contributed by atoms with Crippen LogP contribution in [0.15, 0.2) is 12.3 Å². The van der Waals surface area contributed by atoms with E-state index in [0.717, 1.165) is 19.0 Å². The quantitative estimate of drug-likeness (QED) is 0.823. The number of alkyl halides is 3. The average Bonchev–Trinajstić information content (AvgIpc) is 2.45. The topological polar surface area (TPSA) is 33.2 Å². The van der Waals surface area contributed by atoms with Crippen LogP contribution in [-0.4, -0.2) is 23.4 Å². The smallest absolute Gasteiger partial charge is 0.346 e. The third-order valence-electron chi connectivity index (χ3n) is 4.45. The van der Waals surface area contributed by atoms with Crippen molar-refractivity contribution in [1.82, 2.24) is 4.98 Å². The molecule has 1 aromatic heterocycles. The summed E-state index contributed by atoms with van der Waals surface area (Å²) < 4.78 is 38.9. The average molecular weight is 328 g/mol. The van der Waals surface area contributed by atoms with Crippen LogP contribution in [-0.2, 0) is 11.0 Å². The Labute approximate surface area is 134 Å². The molecule has 3 nitrogen and oxygen atoms in total. The van der Waals surface area contributed by atoms with Crippen molar-refractivity contribution in [2.45, 2.75) is 58.7 Å². The monoisotopic (exact) mass is 328 g/mol. The first-order valence-corrected chi connectivity index (χ1v) is 7.95. The third-order valence-corrected chi connectivity index (χ3v) is 4.45. The molecule has 2 unspecified atom stereocenters. The molecule has 2 atom stereocenters. The molecule has 6 heteroatoms. The molecule has 0 N–H and O–H groups in total. The number of carbonyl (C=O) groups is 1. The highest BCUT2D eigenvalue weighted by atomic mass is 19.4. The number of carbonyl (C=O) groups excluding carboxylic acids is 1. The summed E-state index contributed by atoms with van der Waals surface area (Å²) in [6, 6.07) is 0.864. The molecule has 1 fully saturated rings. The van der Waals surface area contributed by atoms with Gasteiger partial charge >= 0.3 is 6.18 Å². The van der Waals surface area contributed by atoms with Gasteiger partial charge in [0.1, 0.15) is 5.82 Å². The van der Waals surface area contributed by atoms with Crippen LogP contribution in [0.3, 0.4) is 0 Å². The van der Waals surface area contributed by atoms with Crippen LogP contribution in [0.5, 0.6) is 0 Å². The first-order chi connectivity index (χ1) is 10.6. The lowest BCUT2D eigenvalue weighted by Gasteiger charge is -2.39. The Balaban J connectivity index is 2.47. The van der Waals surface area contributed by atoms with Crippen LogP contribution < -0.4 is 4.90 Å². The van der Waals surface area contributed by atoms with Crippen molar-refractivity contribution < 1.29 is 18.0 Å². The highest BCUT2D eigenvalue weighted by Crippen LogP contribution is 2.36. The van der Waals surface area contributed by atoms with Crippen molar-refractivity contribution in [3.8, 4) is 0 Å². The summed E-state index contributed by atoms with van der Waals surface area (Å²) in [6.45, 7) is 7.96. The molecule has 0 aliphatic carbocycles. The summed E-state index contributed by atoms with van der Waals surface area (Å²) in [5, 5.41) is 0. The van der Waals surface area contributed by atoms with E-state index < -0.39 is 11.7 Å². The van der Waals surface area contributed by atoms with Crippen molar-refractivity contribution in [2.24, 2.45) is 5.92 Å². The molecule has 1 aliphatic rings. The fraction of sp³-hybridized carbons (Fsp3) is 0.647. The normalized spacial score (nSPS) is 22.5. The Morgan fingerprint density at radius 3 is 2.57 bits per heavy atom. The van der Waals surface area contributed by atoms with E-state index in [1.165, 1.54) is 13.0 Å². The maximum Gasteiger partial charge on any atom is 0.417 e. The minimum atomic E-state index is -4.41. The number of anilines is 1. The Morgan fingerprint density at radius 2 is 2.04 bits per heavy atom. The van der Waals surface area contributed by atoms with Crippen molar-refractivity contribution >= 4 is 11.6 Å². The highest BCUT2D eigenvalue weighted by molar-refractivity contribution is 5.85. The number of halogens is 3. The molecule has 1 aliphatic heterocycles. The van der Waals surface area contributed by atoms with Crippen LogP contribution in [0.2, 0.25) is 0 Å². The lowest BCUT2D eigenvalue weighted by atomic mass is 9.89. The van der Waals surface area contributed by atoms with Gasteiger partial charge in [-0.15, -0.1) is 0 Å². The minimum Gasteiger partial charge on any atom is -0.346 e. The maximum absolute atomic E-state index is 13.0. The van der Waals surface area contributed by atoms with Gasteiger partial charge in [0.05, 0.1) is 11.6 Å². The van der Waals surface area contributed by atoms with Crippen LogP contribution in [0.4, 0.5) is 19.0 Å². The third kappa shape index (κ3) is 3.85. The van der Waals surface area contributed by atoms with Gasteiger partial charge in [0.15, 0.2) is 5.78 Å². The van der Waals surface area contributed by atoms with E-state index in [1.807, 2.05) is 18.7 Å². The molecule has 1 aromatic rings. The Bertz CT molecular complexity index is 584. The van der Waals surface area contributed by atoms with Crippen LogP contribution in [0, 0.1) is 5.92 Å². The van der Waals surface area contributed by atoms with Gasteiger partial charge in [0.2, 0.25) is 0 Å². The summed E-state index contributed by atoms with van der Waals surface area (Å²) in [4.78, 5) is 18.0. The summed E-state index contributed by atoms with van der Waals surface area (Å²) >= 11 is 0. The molecule has 2 rings (SSSR count). The second-order valence-corrected chi connectivity index (χ2v) is 6.74. The number of aromatic nitrogens is 1. The standard InChI is InChI=1S/C17H23F3N2O/c1-10(2)14-8-13(17(18,19)20)9-21-16(14)22-6-5-11(3)7-15(22)12(4)23/h8-11,15H,5-7H2,1-4H3. The first kappa shape index (κ1) is 17.8. The van der Waals surface area contributed by atoms with Gasteiger partial charge in [0.25, 0.3) is 0 Å². The van der Waals surface area contributed by atoms with E-state index in [9.17, 15) is 18.0 Å². The SMILES string of the molecule is CC(=O)C1CC(C)CCN1c1ncc(C(F)(F)F)cc1C(C)C. The molecular formula is C17H23F3N2O. The maximum atomic E-state index is 13.0. The Hall–Kier alpha value is -1.59. The van der Waals surface area contributed by atoms with E-state index in [-0.39, 0.29) is 17.7 Å². The zero-order valence-corrected chi connectivity index (χ0v) is 13.9. The van der Waals surface area contributed by atoms with E-state index in [4.69, 9.17) is 0 Å². The first-order valence-electron chi connectivity index (χ1n) is 7.95. The van der Waals surface area contributed by atoms with Gasteiger partial charge in [-0.05, 0) is 43.2 Å². The van der Waals surface area contributed by atoms with Crippen molar-refractivity contribution in [2.75, 3.05) is 11.4 Å². The number of hydrogen-bond acceptors (Lipinski definition) is 3. The van der Waals surface area contributed by atoms with Gasteiger partial charge in [-0.25, -0.2) is 4.98 Å². The number of Topliss-reactive ketones (excluding diaryl/α,β-unsaturated/α-hetero) is 1. The van der Waals surface area contributed by atoms with E-state index in [2.05, 4.69) is 11.9 Å². The summed E-state index contributed by atoms with van der Waals surface area (Å²) in [5.41, 5.74) is -0.199. The predicted molar refractivity (Wildman–Crippen MR) is 83.5 cm³/mol. The van der Waals surface area contributed by atoms with E-state index in [0.29, 0.717) is 23.8 Å². The number of nitrogens with zero attached hydrogens (tertiary/aromatic N) is 2. The minimum absolute atomic E-state index is 0.0351.